The molecule has 1 aromatic rings. The zero-order valence-corrected chi connectivity index (χ0v) is 12.4. The van der Waals surface area contributed by atoms with Gasteiger partial charge in [0.15, 0.2) is 0 Å². The Bertz CT molecular complexity index is 314. The van der Waals surface area contributed by atoms with Crippen LogP contribution in [-0.4, -0.2) is 19.6 Å². The maximum Gasteiger partial charge on any atom is 0.0366 e. The molecule has 0 aromatic heterocycles. The second-order valence-corrected chi connectivity index (χ2v) is 4.92. The SMILES string of the molecule is CCCNCc1ccc(N(C)C(CC)CC)cc1. The first kappa shape index (κ1) is 15.0. The van der Waals surface area contributed by atoms with E-state index in [0.717, 1.165) is 13.1 Å². The summed E-state index contributed by atoms with van der Waals surface area (Å²) in [6.07, 6.45) is 3.59. The van der Waals surface area contributed by atoms with Gasteiger partial charge in [-0.3, -0.25) is 0 Å². The lowest BCUT2D eigenvalue weighted by Gasteiger charge is -2.28. The lowest BCUT2D eigenvalue weighted by Crippen LogP contribution is -2.30. The molecule has 0 saturated heterocycles. The Morgan fingerprint density at radius 2 is 1.67 bits per heavy atom. The van der Waals surface area contributed by atoms with E-state index >= 15 is 0 Å². The summed E-state index contributed by atoms with van der Waals surface area (Å²) in [5, 5.41) is 3.43. The average molecular weight is 248 g/mol. The third-order valence-electron chi connectivity index (χ3n) is 3.59. The summed E-state index contributed by atoms with van der Waals surface area (Å²) >= 11 is 0. The van der Waals surface area contributed by atoms with Crippen molar-refractivity contribution in [1.29, 1.82) is 0 Å². The molecule has 102 valence electrons. The second-order valence-electron chi connectivity index (χ2n) is 4.92. The molecule has 2 heteroatoms. The Morgan fingerprint density at radius 3 is 2.17 bits per heavy atom. The molecule has 0 saturated carbocycles. The largest absolute Gasteiger partial charge is 0.372 e. The number of nitrogens with zero attached hydrogens (tertiary/aromatic N) is 1. The molecule has 0 fully saturated rings. The molecular formula is C16H28N2. The monoisotopic (exact) mass is 248 g/mol. The third kappa shape index (κ3) is 4.34. The lowest BCUT2D eigenvalue weighted by molar-refractivity contribution is 0.591. The van der Waals surface area contributed by atoms with Gasteiger partial charge in [-0.1, -0.05) is 32.9 Å². The topological polar surface area (TPSA) is 15.3 Å². The van der Waals surface area contributed by atoms with Gasteiger partial charge in [-0.2, -0.15) is 0 Å². The minimum Gasteiger partial charge on any atom is -0.372 e. The van der Waals surface area contributed by atoms with Crippen LogP contribution in [0.2, 0.25) is 0 Å². The predicted molar refractivity (Wildman–Crippen MR) is 81.2 cm³/mol. The third-order valence-corrected chi connectivity index (χ3v) is 3.59. The summed E-state index contributed by atoms with van der Waals surface area (Å²) in [6.45, 7) is 8.78. The van der Waals surface area contributed by atoms with Gasteiger partial charge in [0.05, 0.1) is 0 Å². The van der Waals surface area contributed by atoms with Crippen LogP contribution in [0.15, 0.2) is 24.3 Å². The minimum atomic E-state index is 0.647. The summed E-state index contributed by atoms with van der Waals surface area (Å²) in [6, 6.07) is 9.59. The molecule has 0 radical (unpaired) electrons. The lowest BCUT2D eigenvalue weighted by atomic mass is 10.1. The van der Waals surface area contributed by atoms with Gasteiger partial charge in [0.25, 0.3) is 0 Å². The number of hydrogen-bond donors (Lipinski definition) is 1. The summed E-state index contributed by atoms with van der Waals surface area (Å²) in [7, 11) is 2.20. The van der Waals surface area contributed by atoms with Crippen LogP contribution < -0.4 is 10.2 Å². The van der Waals surface area contributed by atoms with Crippen molar-refractivity contribution >= 4 is 5.69 Å². The maximum absolute atomic E-state index is 3.43. The highest BCUT2D eigenvalue weighted by atomic mass is 15.1. The minimum absolute atomic E-state index is 0.647. The van der Waals surface area contributed by atoms with Crippen molar-refractivity contribution in [2.45, 2.75) is 52.6 Å². The summed E-state index contributed by atoms with van der Waals surface area (Å²) in [4.78, 5) is 2.39. The fourth-order valence-electron chi connectivity index (χ4n) is 2.31. The molecule has 2 nitrogen and oxygen atoms in total. The summed E-state index contributed by atoms with van der Waals surface area (Å²) < 4.78 is 0. The molecular weight excluding hydrogens is 220 g/mol. The maximum atomic E-state index is 3.43. The second kappa shape index (κ2) is 8.15. The van der Waals surface area contributed by atoms with Crippen molar-refractivity contribution in [2.24, 2.45) is 0 Å². The van der Waals surface area contributed by atoms with Gasteiger partial charge in [-0.15, -0.1) is 0 Å². The van der Waals surface area contributed by atoms with Crippen molar-refractivity contribution in [3.63, 3.8) is 0 Å². The van der Waals surface area contributed by atoms with Gasteiger partial charge in [-0.05, 0) is 43.5 Å². The van der Waals surface area contributed by atoms with Gasteiger partial charge in [0, 0.05) is 25.3 Å². The molecule has 0 atom stereocenters. The Kier molecular flexibility index (Phi) is 6.81. The van der Waals surface area contributed by atoms with E-state index in [4.69, 9.17) is 0 Å². The Hall–Kier alpha value is -1.02. The number of rotatable bonds is 8. The fraction of sp³-hybridized carbons (Fsp3) is 0.625. The van der Waals surface area contributed by atoms with E-state index in [1.54, 1.807) is 0 Å². The molecule has 0 bridgehead atoms. The molecule has 0 aliphatic heterocycles. The molecule has 1 rings (SSSR count). The summed E-state index contributed by atoms with van der Waals surface area (Å²) in [5.74, 6) is 0. The first-order chi connectivity index (χ1) is 8.72. The number of benzene rings is 1. The Labute approximate surface area is 112 Å². The first-order valence-electron chi connectivity index (χ1n) is 7.25. The van der Waals surface area contributed by atoms with Crippen LogP contribution >= 0.6 is 0 Å². The van der Waals surface area contributed by atoms with Crippen LogP contribution in [0.3, 0.4) is 0 Å². The van der Waals surface area contributed by atoms with E-state index in [-0.39, 0.29) is 0 Å². The van der Waals surface area contributed by atoms with E-state index < -0.39 is 0 Å². The van der Waals surface area contributed by atoms with Crippen molar-refractivity contribution in [3.8, 4) is 0 Å². The quantitative estimate of drug-likeness (QED) is 0.704. The van der Waals surface area contributed by atoms with Crippen LogP contribution in [0.5, 0.6) is 0 Å². The van der Waals surface area contributed by atoms with E-state index in [9.17, 15) is 0 Å². The predicted octanol–water partition coefficient (Wildman–Crippen LogP) is 3.81. The zero-order chi connectivity index (χ0) is 13.4. The molecule has 1 aromatic carbocycles. The number of nitrogens with one attached hydrogen (secondary N) is 1. The van der Waals surface area contributed by atoms with Crippen LogP contribution in [-0.2, 0) is 6.54 Å². The molecule has 0 unspecified atom stereocenters. The molecule has 0 aliphatic rings. The molecule has 0 spiro atoms. The van der Waals surface area contributed by atoms with Crippen LogP contribution in [0.25, 0.3) is 0 Å². The van der Waals surface area contributed by atoms with Crippen molar-refractivity contribution < 1.29 is 0 Å². The van der Waals surface area contributed by atoms with Crippen molar-refractivity contribution in [3.05, 3.63) is 29.8 Å². The van der Waals surface area contributed by atoms with E-state index in [0.29, 0.717) is 6.04 Å². The summed E-state index contributed by atoms with van der Waals surface area (Å²) in [5.41, 5.74) is 2.69. The average Bonchev–Trinajstić information content (AvgIpc) is 2.41. The molecule has 0 heterocycles. The standard InChI is InChI=1S/C16H28N2/c1-5-12-17-13-14-8-10-16(11-9-14)18(4)15(6-2)7-3/h8-11,15,17H,5-7,12-13H2,1-4H3. The molecule has 0 aliphatic carbocycles. The first-order valence-corrected chi connectivity index (χ1v) is 7.25. The van der Waals surface area contributed by atoms with Crippen LogP contribution in [0.4, 0.5) is 5.69 Å². The highest BCUT2D eigenvalue weighted by Gasteiger charge is 2.10. The fourth-order valence-corrected chi connectivity index (χ4v) is 2.31. The van der Waals surface area contributed by atoms with E-state index in [2.05, 4.69) is 62.3 Å². The van der Waals surface area contributed by atoms with E-state index in [1.165, 1.54) is 30.5 Å². The van der Waals surface area contributed by atoms with Gasteiger partial charge >= 0.3 is 0 Å². The number of anilines is 1. The van der Waals surface area contributed by atoms with Gasteiger partial charge in [0.2, 0.25) is 0 Å². The molecule has 18 heavy (non-hydrogen) atoms. The highest BCUT2D eigenvalue weighted by molar-refractivity contribution is 5.47. The van der Waals surface area contributed by atoms with Gasteiger partial charge in [0.1, 0.15) is 0 Å². The Morgan fingerprint density at radius 1 is 1.06 bits per heavy atom. The van der Waals surface area contributed by atoms with Crippen LogP contribution in [0.1, 0.15) is 45.6 Å². The number of hydrogen-bond acceptors (Lipinski definition) is 2. The Balaban J connectivity index is 2.58. The van der Waals surface area contributed by atoms with Gasteiger partial charge < -0.3 is 10.2 Å². The van der Waals surface area contributed by atoms with E-state index in [1.807, 2.05) is 0 Å². The van der Waals surface area contributed by atoms with Gasteiger partial charge in [-0.25, -0.2) is 0 Å². The highest BCUT2D eigenvalue weighted by Crippen LogP contribution is 2.19. The normalized spacial score (nSPS) is 10.9. The smallest absolute Gasteiger partial charge is 0.0366 e. The van der Waals surface area contributed by atoms with Crippen LogP contribution in [0, 0.1) is 0 Å². The molecule has 0 amide bonds. The van der Waals surface area contributed by atoms with Crippen molar-refractivity contribution in [1.82, 2.24) is 5.32 Å². The van der Waals surface area contributed by atoms with Crippen molar-refractivity contribution in [2.75, 3.05) is 18.5 Å². The zero-order valence-electron chi connectivity index (χ0n) is 12.4. The molecule has 1 N–H and O–H groups in total.